The third-order valence-electron chi connectivity index (χ3n) is 6.62. The van der Waals surface area contributed by atoms with Crippen molar-refractivity contribution >= 4 is 56.6 Å². The number of benzene rings is 1. The Morgan fingerprint density at radius 2 is 1.79 bits per heavy atom. The van der Waals surface area contributed by atoms with E-state index in [1.54, 1.807) is 17.4 Å². The van der Waals surface area contributed by atoms with Crippen LogP contribution in [-0.4, -0.2) is 97.2 Å². The van der Waals surface area contributed by atoms with E-state index in [0.29, 0.717) is 13.1 Å². The monoisotopic (exact) mass is 620 g/mol. The quantitative estimate of drug-likeness (QED) is 0.232. The van der Waals surface area contributed by atoms with Gasteiger partial charge in [0.25, 0.3) is 0 Å². The highest BCUT2D eigenvalue weighted by Gasteiger charge is 2.27. The maximum Gasteiger partial charge on any atom is 0.244 e. The van der Waals surface area contributed by atoms with Gasteiger partial charge in [-0.25, -0.2) is 13.4 Å². The van der Waals surface area contributed by atoms with Crippen molar-refractivity contribution in [3.05, 3.63) is 45.4 Å². The van der Waals surface area contributed by atoms with Crippen LogP contribution in [-0.2, 0) is 26.0 Å². The van der Waals surface area contributed by atoms with Crippen molar-refractivity contribution in [2.24, 2.45) is 0 Å². The van der Waals surface area contributed by atoms with Crippen LogP contribution in [0, 0.1) is 0 Å². The molecular weight excluding hydrogens is 587 g/mol. The molecule has 14 heteroatoms. The van der Waals surface area contributed by atoms with Gasteiger partial charge in [0, 0.05) is 32.0 Å². The average Bonchev–Trinajstić information content (AvgIpc) is 3.61. The number of hydrogen-bond acceptors (Lipinski definition) is 6. The largest absolute Gasteiger partial charge is 0.348 e. The molecule has 0 unspecified atom stereocenters. The number of aryl methyl sites for hydroxylation is 1. The summed E-state index contributed by atoms with van der Waals surface area (Å²) in [6.07, 6.45) is 9.24. The number of sulfonamides is 1. The van der Waals surface area contributed by atoms with Crippen LogP contribution in [0.15, 0.2) is 29.6 Å². The minimum absolute atomic E-state index is 0.0871. The zero-order valence-corrected chi connectivity index (χ0v) is 25.1. The van der Waals surface area contributed by atoms with E-state index in [0.717, 1.165) is 55.3 Å². The molecule has 39 heavy (non-hydrogen) atoms. The van der Waals surface area contributed by atoms with Gasteiger partial charge in [0.05, 0.1) is 34.5 Å². The number of nitrogens with zero attached hydrogens (tertiary/aromatic N) is 4. The number of carbonyl (C=O) groups excluding carboxylic acids is 2. The average molecular weight is 622 g/mol. The summed E-state index contributed by atoms with van der Waals surface area (Å²) in [5.41, 5.74) is 0.996. The Balaban J connectivity index is 1.51. The van der Waals surface area contributed by atoms with Crippen molar-refractivity contribution in [2.45, 2.75) is 43.4 Å². The first-order valence-electron chi connectivity index (χ1n) is 12.9. The lowest BCUT2D eigenvalue weighted by Crippen LogP contribution is -2.44. The van der Waals surface area contributed by atoms with Gasteiger partial charge in [-0.3, -0.25) is 9.59 Å². The molecular formula is C25H35Cl3N6O4S. The summed E-state index contributed by atoms with van der Waals surface area (Å²) in [6.45, 7) is 3.71. The number of amides is 2. The Morgan fingerprint density at radius 3 is 2.49 bits per heavy atom. The number of unbranched alkanes of at least 4 members (excludes halogenated alkanes) is 1. The van der Waals surface area contributed by atoms with Gasteiger partial charge in [0.2, 0.25) is 21.8 Å². The fourth-order valence-electron chi connectivity index (χ4n) is 4.39. The summed E-state index contributed by atoms with van der Waals surface area (Å²) in [5, 5.41) is 2.36. The number of aromatic amines is 1. The third kappa shape index (κ3) is 9.33. The number of H-pyrrole nitrogens is 1. The van der Waals surface area contributed by atoms with Crippen LogP contribution in [0.4, 0.5) is 0 Å². The molecule has 2 aromatic rings. The van der Waals surface area contributed by atoms with Crippen molar-refractivity contribution < 1.29 is 18.0 Å². The zero-order valence-electron chi connectivity index (χ0n) is 22.0. The van der Waals surface area contributed by atoms with Crippen molar-refractivity contribution in [2.75, 3.05) is 52.9 Å². The van der Waals surface area contributed by atoms with E-state index in [9.17, 15) is 18.0 Å². The molecule has 3 rings (SSSR count). The molecule has 1 saturated heterocycles. The first kappa shape index (κ1) is 31.6. The fraction of sp³-hybridized carbons (Fsp3) is 0.560. The molecule has 0 atom stereocenters. The van der Waals surface area contributed by atoms with E-state index in [-0.39, 0.29) is 32.4 Å². The predicted molar refractivity (Wildman–Crippen MR) is 153 cm³/mol. The molecule has 1 aliphatic heterocycles. The van der Waals surface area contributed by atoms with Gasteiger partial charge in [-0.1, -0.05) is 34.8 Å². The molecule has 2 amide bonds. The molecule has 1 aromatic heterocycles. The lowest BCUT2D eigenvalue weighted by Gasteiger charge is -2.24. The number of aromatic nitrogens is 2. The molecule has 216 valence electrons. The molecule has 0 saturated carbocycles. The van der Waals surface area contributed by atoms with Crippen LogP contribution < -0.4 is 5.32 Å². The topological polar surface area (TPSA) is 119 Å². The number of nitrogens with one attached hydrogen (secondary N) is 2. The van der Waals surface area contributed by atoms with Gasteiger partial charge in [0.15, 0.2) is 0 Å². The molecule has 1 fully saturated rings. The van der Waals surface area contributed by atoms with Gasteiger partial charge in [-0.15, -0.1) is 0 Å². The van der Waals surface area contributed by atoms with E-state index in [1.807, 2.05) is 0 Å². The standard InChI is InChI=1S/C25H35Cl3N6O4S/c1-32(39(37,38)21-9-8-20(26)24(27)25(21)28)17-22(35)30-16-23(36)34(14-6-7-19-15-29-18-31-19)13-5-4-12-33-10-2-3-11-33/h8-9,15,18H,2-7,10-14,16-17H2,1H3,(H,29,31)(H,30,35). The van der Waals surface area contributed by atoms with Gasteiger partial charge in [-0.05, 0) is 70.3 Å². The number of carbonyl (C=O) groups is 2. The summed E-state index contributed by atoms with van der Waals surface area (Å²) in [5.74, 6) is -0.829. The molecule has 0 radical (unpaired) electrons. The number of hydrogen-bond donors (Lipinski definition) is 2. The highest BCUT2D eigenvalue weighted by molar-refractivity contribution is 7.89. The van der Waals surface area contributed by atoms with Crippen molar-refractivity contribution in [3.8, 4) is 0 Å². The molecule has 0 bridgehead atoms. The fourth-order valence-corrected chi connectivity index (χ4v) is 6.47. The maximum absolute atomic E-state index is 13.0. The third-order valence-corrected chi connectivity index (χ3v) is 9.88. The van der Waals surface area contributed by atoms with E-state index in [1.165, 1.54) is 32.0 Å². The highest BCUT2D eigenvalue weighted by Crippen LogP contribution is 2.35. The Hall–Kier alpha value is -1.89. The number of rotatable bonds is 15. The van der Waals surface area contributed by atoms with Crippen molar-refractivity contribution in [1.29, 1.82) is 0 Å². The van der Waals surface area contributed by atoms with Crippen LogP contribution in [0.2, 0.25) is 15.1 Å². The van der Waals surface area contributed by atoms with E-state index < -0.39 is 22.5 Å². The Kier molecular flexibility index (Phi) is 12.3. The van der Waals surface area contributed by atoms with Crippen LogP contribution in [0.3, 0.4) is 0 Å². The number of imidazole rings is 1. The molecule has 1 aromatic carbocycles. The molecule has 0 spiro atoms. The molecule has 1 aliphatic rings. The van der Waals surface area contributed by atoms with Gasteiger partial charge >= 0.3 is 0 Å². The lowest BCUT2D eigenvalue weighted by atomic mass is 10.2. The van der Waals surface area contributed by atoms with Crippen LogP contribution in [0.5, 0.6) is 0 Å². The summed E-state index contributed by atoms with van der Waals surface area (Å²) in [6, 6.07) is 2.55. The maximum atomic E-state index is 13.0. The van der Waals surface area contributed by atoms with Crippen molar-refractivity contribution in [3.63, 3.8) is 0 Å². The highest BCUT2D eigenvalue weighted by atomic mass is 35.5. The second kappa shape index (κ2) is 15.2. The van der Waals surface area contributed by atoms with E-state index >= 15 is 0 Å². The first-order valence-corrected chi connectivity index (χ1v) is 15.5. The van der Waals surface area contributed by atoms with Crippen molar-refractivity contribution in [1.82, 2.24) is 29.4 Å². The number of likely N-dealkylation sites (N-methyl/N-ethyl adjacent to an activating group) is 1. The lowest BCUT2D eigenvalue weighted by molar-refractivity contribution is -0.133. The van der Waals surface area contributed by atoms with E-state index in [2.05, 4.69) is 20.2 Å². The Bertz CT molecular complexity index is 1210. The number of likely N-dealkylation sites (tertiary alicyclic amines) is 1. The first-order chi connectivity index (χ1) is 18.6. The summed E-state index contributed by atoms with van der Waals surface area (Å²) < 4.78 is 26.7. The van der Waals surface area contributed by atoms with Crippen LogP contribution in [0.1, 0.15) is 37.8 Å². The Labute approximate surface area is 245 Å². The minimum Gasteiger partial charge on any atom is -0.348 e. The second-order valence-corrected chi connectivity index (χ2v) is 12.7. The molecule has 0 aliphatic carbocycles. The normalized spacial score (nSPS) is 14.2. The van der Waals surface area contributed by atoms with Gasteiger partial charge in [-0.2, -0.15) is 4.31 Å². The van der Waals surface area contributed by atoms with E-state index in [4.69, 9.17) is 34.8 Å². The van der Waals surface area contributed by atoms with Gasteiger partial charge in [0.1, 0.15) is 4.90 Å². The van der Waals surface area contributed by atoms with Crippen LogP contribution >= 0.6 is 34.8 Å². The summed E-state index contributed by atoms with van der Waals surface area (Å²) in [4.78, 5) is 36.6. The molecule has 2 heterocycles. The number of halogens is 3. The van der Waals surface area contributed by atoms with Crippen LogP contribution in [0.25, 0.3) is 0 Å². The zero-order chi connectivity index (χ0) is 28.4. The summed E-state index contributed by atoms with van der Waals surface area (Å²) >= 11 is 18.0. The molecule has 10 nitrogen and oxygen atoms in total. The molecule has 2 N–H and O–H groups in total. The predicted octanol–water partition coefficient (Wildman–Crippen LogP) is 3.44. The SMILES string of the molecule is CN(CC(=O)NCC(=O)N(CCCCN1CCCC1)CCCc1cnc[nH]1)S(=O)(=O)c1ccc(Cl)c(Cl)c1Cl. The van der Waals surface area contributed by atoms with Gasteiger partial charge < -0.3 is 20.1 Å². The minimum atomic E-state index is -4.12. The smallest absolute Gasteiger partial charge is 0.244 e. The second-order valence-electron chi connectivity index (χ2n) is 9.53. The summed E-state index contributed by atoms with van der Waals surface area (Å²) in [7, 11) is -2.88. The Morgan fingerprint density at radius 1 is 1.08 bits per heavy atom.